The molecule has 2 aromatic carbocycles. The molecule has 5 heteroatoms. The molecule has 0 atom stereocenters. The first-order chi connectivity index (χ1) is 9.65. The van der Waals surface area contributed by atoms with Crippen LogP contribution in [0.5, 0.6) is 5.75 Å². The number of benzene rings is 2. The fourth-order valence-corrected chi connectivity index (χ4v) is 1.74. The van der Waals surface area contributed by atoms with E-state index in [0.717, 1.165) is 6.07 Å². The van der Waals surface area contributed by atoms with Gasteiger partial charge in [0, 0.05) is 11.1 Å². The highest BCUT2D eigenvalue weighted by molar-refractivity contribution is 5.36. The molecule has 0 fully saturated rings. The monoisotopic (exact) mass is 275 g/mol. The van der Waals surface area contributed by atoms with Crippen molar-refractivity contribution in [3.05, 3.63) is 64.7 Å². The van der Waals surface area contributed by atoms with Crippen LogP contribution in [0.25, 0.3) is 0 Å². The van der Waals surface area contributed by atoms with Crippen LogP contribution in [0.1, 0.15) is 16.7 Å². The summed E-state index contributed by atoms with van der Waals surface area (Å²) in [5, 5.41) is 17.9. The van der Waals surface area contributed by atoms with Crippen LogP contribution in [0.15, 0.2) is 36.4 Å². The molecule has 0 heterocycles. The van der Waals surface area contributed by atoms with Crippen LogP contribution in [0.4, 0.5) is 8.78 Å². The van der Waals surface area contributed by atoms with Gasteiger partial charge in [0.15, 0.2) is 11.6 Å². The van der Waals surface area contributed by atoms with Crippen LogP contribution in [-0.4, -0.2) is 5.11 Å². The van der Waals surface area contributed by atoms with E-state index in [1.807, 2.05) is 6.07 Å². The first kappa shape index (κ1) is 14.0. The van der Waals surface area contributed by atoms with Gasteiger partial charge in [-0.25, -0.2) is 8.78 Å². The van der Waals surface area contributed by atoms with Gasteiger partial charge in [-0.2, -0.15) is 5.26 Å². The van der Waals surface area contributed by atoms with Gasteiger partial charge < -0.3 is 9.84 Å². The molecule has 0 unspecified atom stereocenters. The van der Waals surface area contributed by atoms with Gasteiger partial charge in [0.05, 0.1) is 18.2 Å². The number of nitrogens with zero attached hydrogens (tertiary/aromatic N) is 1. The Balaban J connectivity index is 2.23. The number of nitriles is 1. The zero-order chi connectivity index (χ0) is 14.5. The van der Waals surface area contributed by atoms with E-state index in [-0.39, 0.29) is 30.1 Å². The Morgan fingerprint density at radius 3 is 2.60 bits per heavy atom. The van der Waals surface area contributed by atoms with Crippen LogP contribution in [0.2, 0.25) is 0 Å². The summed E-state index contributed by atoms with van der Waals surface area (Å²) in [7, 11) is 0. The molecule has 0 aliphatic heterocycles. The average Bonchev–Trinajstić information content (AvgIpc) is 2.47. The lowest BCUT2D eigenvalue weighted by Gasteiger charge is -2.11. The summed E-state index contributed by atoms with van der Waals surface area (Å²) in [5.41, 5.74) is 0.721. The molecule has 2 rings (SSSR count). The van der Waals surface area contributed by atoms with Gasteiger partial charge in [-0.15, -0.1) is 0 Å². The van der Waals surface area contributed by atoms with Crippen LogP contribution >= 0.6 is 0 Å². The lowest BCUT2D eigenvalue weighted by atomic mass is 10.1. The van der Waals surface area contributed by atoms with Gasteiger partial charge in [0.2, 0.25) is 0 Å². The van der Waals surface area contributed by atoms with Crippen molar-refractivity contribution < 1.29 is 18.6 Å². The quantitative estimate of drug-likeness (QED) is 0.933. The Morgan fingerprint density at radius 2 is 1.90 bits per heavy atom. The zero-order valence-corrected chi connectivity index (χ0v) is 10.4. The van der Waals surface area contributed by atoms with Gasteiger partial charge in [-0.1, -0.05) is 12.1 Å². The van der Waals surface area contributed by atoms with Crippen molar-refractivity contribution in [2.75, 3.05) is 0 Å². The number of para-hydroxylation sites is 1. The minimum Gasteiger partial charge on any atom is -0.485 e. The average molecular weight is 275 g/mol. The summed E-state index contributed by atoms with van der Waals surface area (Å²) in [6.07, 6.45) is 0. The third kappa shape index (κ3) is 2.92. The number of aliphatic hydroxyl groups is 1. The zero-order valence-electron chi connectivity index (χ0n) is 10.4. The van der Waals surface area contributed by atoms with Crippen molar-refractivity contribution in [3.8, 4) is 11.8 Å². The fourth-order valence-electron chi connectivity index (χ4n) is 1.74. The SMILES string of the molecule is N#Cc1ccc(F)c(COc2c(F)cccc2CO)c1. The van der Waals surface area contributed by atoms with Crippen LogP contribution in [0, 0.1) is 23.0 Å². The predicted octanol–water partition coefficient (Wildman–Crippen LogP) is 2.91. The third-order valence-corrected chi connectivity index (χ3v) is 2.77. The Bertz CT molecular complexity index is 665. The first-order valence-electron chi connectivity index (χ1n) is 5.85. The van der Waals surface area contributed by atoms with Crippen molar-refractivity contribution in [2.24, 2.45) is 0 Å². The smallest absolute Gasteiger partial charge is 0.165 e. The van der Waals surface area contributed by atoms with Crippen LogP contribution < -0.4 is 4.74 Å². The van der Waals surface area contributed by atoms with Crippen molar-refractivity contribution >= 4 is 0 Å². The number of rotatable bonds is 4. The number of halogens is 2. The van der Waals surface area contributed by atoms with Gasteiger partial charge in [-0.05, 0) is 24.3 Å². The molecular weight excluding hydrogens is 264 g/mol. The molecule has 0 aliphatic rings. The molecule has 1 N–H and O–H groups in total. The molecule has 0 amide bonds. The highest BCUT2D eigenvalue weighted by Gasteiger charge is 2.11. The fraction of sp³-hybridized carbons (Fsp3) is 0.133. The van der Waals surface area contributed by atoms with E-state index in [0.29, 0.717) is 5.56 Å². The highest BCUT2D eigenvalue weighted by Crippen LogP contribution is 2.24. The minimum absolute atomic E-state index is 0.114. The summed E-state index contributed by atoms with van der Waals surface area (Å²) >= 11 is 0. The Labute approximate surface area is 114 Å². The lowest BCUT2D eigenvalue weighted by molar-refractivity contribution is 0.249. The molecule has 0 aliphatic carbocycles. The van der Waals surface area contributed by atoms with E-state index in [9.17, 15) is 8.78 Å². The maximum absolute atomic E-state index is 13.6. The largest absolute Gasteiger partial charge is 0.485 e. The highest BCUT2D eigenvalue weighted by atomic mass is 19.1. The Hall–Kier alpha value is -2.45. The molecule has 0 radical (unpaired) electrons. The van der Waals surface area contributed by atoms with Crippen molar-refractivity contribution in [1.29, 1.82) is 5.26 Å². The second-order valence-electron chi connectivity index (χ2n) is 4.09. The van der Waals surface area contributed by atoms with Gasteiger partial charge in [-0.3, -0.25) is 0 Å². The third-order valence-electron chi connectivity index (χ3n) is 2.77. The molecule has 0 bridgehead atoms. The van der Waals surface area contributed by atoms with E-state index >= 15 is 0 Å². The summed E-state index contributed by atoms with van der Waals surface area (Å²) in [6.45, 7) is -0.608. The standard InChI is InChI=1S/C15H11F2NO2/c16-13-5-4-10(7-18)6-12(13)9-20-15-11(8-19)2-1-3-14(15)17/h1-6,19H,8-9H2. The lowest BCUT2D eigenvalue weighted by Crippen LogP contribution is -2.03. The molecule has 0 spiro atoms. The second-order valence-corrected chi connectivity index (χ2v) is 4.09. The Kier molecular flexibility index (Phi) is 4.28. The van der Waals surface area contributed by atoms with E-state index in [1.54, 1.807) is 0 Å². The summed E-state index contributed by atoms with van der Waals surface area (Å²) < 4.78 is 32.4. The summed E-state index contributed by atoms with van der Waals surface area (Å²) in [6, 6.07) is 9.89. The molecule has 0 saturated carbocycles. The van der Waals surface area contributed by atoms with Crippen molar-refractivity contribution in [1.82, 2.24) is 0 Å². The number of hydrogen-bond donors (Lipinski definition) is 1. The van der Waals surface area contributed by atoms with Gasteiger partial charge in [0.25, 0.3) is 0 Å². The molecule has 3 nitrogen and oxygen atoms in total. The van der Waals surface area contributed by atoms with Crippen molar-refractivity contribution in [3.63, 3.8) is 0 Å². The topological polar surface area (TPSA) is 53.2 Å². The second kappa shape index (κ2) is 6.13. The molecule has 2 aromatic rings. The maximum atomic E-state index is 13.6. The predicted molar refractivity (Wildman–Crippen MR) is 67.8 cm³/mol. The Morgan fingerprint density at radius 1 is 1.10 bits per heavy atom. The van der Waals surface area contributed by atoms with Gasteiger partial charge in [0.1, 0.15) is 12.4 Å². The van der Waals surface area contributed by atoms with E-state index in [2.05, 4.69) is 0 Å². The molecule has 20 heavy (non-hydrogen) atoms. The molecule has 102 valence electrons. The minimum atomic E-state index is -0.631. The van der Waals surface area contributed by atoms with E-state index in [4.69, 9.17) is 15.1 Å². The summed E-state index contributed by atoms with van der Waals surface area (Å²) in [4.78, 5) is 0. The molecular formula is C15H11F2NO2. The van der Waals surface area contributed by atoms with E-state index < -0.39 is 11.6 Å². The van der Waals surface area contributed by atoms with Crippen molar-refractivity contribution in [2.45, 2.75) is 13.2 Å². The first-order valence-corrected chi connectivity index (χ1v) is 5.85. The molecule has 0 aromatic heterocycles. The van der Waals surface area contributed by atoms with Gasteiger partial charge >= 0.3 is 0 Å². The number of aliphatic hydroxyl groups excluding tert-OH is 1. The number of ether oxygens (including phenoxy) is 1. The normalized spacial score (nSPS) is 10.1. The maximum Gasteiger partial charge on any atom is 0.165 e. The van der Waals surface area contributed by atoms with Crippen LogP contribution in [0.3, 0.4) is 0 Å². The van der Waals surface area contributed by atoms with E-state index in [1.165, 1.54) is 30.3 Å². The number of hydrogen-bond acceptors (Lipinski definition) is 3. The molecule has 0 saturated heterocycles. The van der Waals surface area contributed by atoms with Crippen LogP contribution in [-0.2, 0) is 13.2 Å². The summed E-state index contributed by atoms with van der Waals surface area (Å²) in [5.74, 6) is -1.28.